The summed E-state index contributed by atoms with van der Waals surface area (Å²) in [7, 11) is 0.719. The van der Waals surface area contributed by atoms with Gasteiger partial charge in [-0.05, 0) is 67.3 Å². The van der Waals surface area contributed by atoms with Gasteiger partial charge in [0.15, 0.2) is 31.2 Å². The molecule has 0 radical (unpaired) electrons. The van der Waals surface area contributed by atoms with Gasteiger partial charge in [-0.15, -0.1) is 0 Å². The van der Waals surface area contributed by atoms with Crippen LogP contribution in [0.4, 0.5) is 15.9 Å². The number of ketones is 2. The Hall–Kier alpha value is -5.41. The number of aromatic nitrogens is 3. The molecular weight excluding hydrogens is 805 g/mol. The Morgan fingerprint density at radius 3 is 2.25 bits per heavy atom. The fraction of sp³-hybridized carbons (Fsp3) is 0.356. The number of fused-ring (bicyclic) bond motifs is 4. The second-order valence-corrected chi connectivity index (χ2v) is 22.5. The van der Waals surface area contributed by atoms with Crippen molar-refractivity contribution >= 4 is 43.0 Å². The molecule has 2 N–H and O–H groups in total. The lowest BCUT2D eigenvalue weighted by Gasteiger charge is -2.55. The van der Waals surface area contributed by atoms with Crippen molar-refractivity contribution in [2.75, 3.05) is 19.4 Å². The minimum absolute atomic E-state index is 0.0267. The summed E-state index contributed by atoms with van der Waals surface area (Å²) >= 11 is 6.18. The monoisotopic (exact) mass is 851 g/mol. The van der Waals surface area contributed by atoms with Crippen LogP contribution >= 0.6 is 11.6 Å². The maximum absolute atomic E-state index is 16.6. The molecule has 0 spiro atoms. The molecule has 0 saturated heterocycles. The zero-order valence-corrected chi connectivity index (χ0v) is 36.3. The Labute approximate surface area is 353 Å². The van der Waals surface area contributed by atoms with Gasteiger partial charge >= 0.3 is 0 Å². The normalized spacial score (nSPS) is 21.3. The fourth-order valence-electron chi connectivity index (χ4n) is 8.48. The van der Waals surface area contributed by atoms with E-state index in [1.807, 2.05) is 114 Å². The number of benzene rings is 3. The Bertz CT molecular complexity index is 2510. The number of nitrogens with zero attached hydrogens (tertiary/aromatic N) is 4. The van der Waals surface area contributed by atoms with E-state index in [1.165, 1.54) is 18.5 Å². The number of hydrogen-bond acceptors (Lipinski definition) is 12. The van der Waals surface area contributed by atoms with Gasteiger partial charge in [0.25, 0.3) is 5.88 Å². The summed E-state index contributed by atoms with van der Waals surface area (Å²) in [4.78, 5) is 41.0. The molecular formula is C45H47ClFN5O7Si. The van der Waals surface area contributed by atoms with Crippen molar-refractivity contribution in [1.29, 1.82) is 0 Å². The van der Waals surface area contributed by atoms with E-state index in [0.717, 1.165) is 11.1 Å². The molecule has 0 saturated carbocycles. The highest BCUT2D eigenvalue weighted by molar-refractivity contribution is 6.74. The summed E-state index contributed by atoms with van der Waals surface area (Å²) in [6.45, 7) is 10.2. The molecule has 15 heteroatoms. The summed E-state index contributed by atoms with van der Waals surface area (Å²) in [6.07, 6.45) is 1.46. The van der Waals surface area contributed by atoms with E-state index >= 15 is 14.0 Å². The van der Waals surface area contributed by atoms with Gasteiger partial charge in [-0.2, -0.15) is 0 Å². The van der Waals surface area contributed by atoms with Crippen molar-refractivity contribution in [1.82, 2.24) is 20.0 Å². The predicted molar refractivity (Wildman–Crippen MR) is 226 cm³/mol. The van der Waals surface area contributed by atoms with Crippen molar-refractivity contribution in [3.63, 3.8) is 0 Å². The quantitative estimate of drug-likeness (QED) is 0.0963. The first-order chi connectivity index (χ1) is 28.5. The molecule has 0 fully saturated rings. The average Bonchev–Trinajstić information content (AvgIpc) is 3.62. The summed E-state index contributed by atoms with van der Waals surface area (Å²) in [5, 5.41) is 20.1. The maximum Gasteiger partial charge on any atom is 0.265 e. The van der Waals surface area contributed by atoms with Gasteiger partial charge < -0.3 is 28.8 Å². The lowest BCUT2D eigenvalue weighted by Crippen LogP contribution is -2.65. The van der Waals surface area contributed by atoms with Gasteiger partial charge in [-0.1, -0.05) is 93.0 Å². The molecule has 3 aliphatic carbocycles. The van der Waals surface area contributed by atoms with E-state index in [0.29, 0.717) is 0 Å². The van der Waals surface area contributed by atoms with Crippen molar-refractivity contribution in [3.05, 3.63) is 135 Å². The van der Waals surface area contributed by atoms with Crippen LogP contribution in [0, 0.1) is 17.7 Å². The third kappa shape index (κ3) is 7.08. The second-order valence-electron chi connectivity index (χ2n) is 17.4. The van der Waals surface area contributed by atoms with Gasteiger partial charge in [0.1, 0.15) is 47.7 Å². The first kappa shape index (κ1) is 41.3. The van der Waals surface area contributed by atoms with Crippen LogP contribution in [0.1, 0.15) is 76.4 Å². The molecule has 0 amide bonds. The number of carbonyl (C=O) groups is 2. The summed E-state index contributed by atoms with van der Waals surface area (Å²) in [6, 6.07) is 20.9. The number of aliphatic hydroxyl groups is 1. The number of carbonyl (C=O) groups excluding carboxylic acids is 2. The SMILES string of the molecule is CN(C)[C@@H]1c2onc(OCc3ccccc3)c2C(=O)[C@@]2(O[Si](C)(C)C(C)(C)C)C(O)=C3C(=O)c4c(c(F)cc(Nc5cc(Cl)ncn5)c4OCc4ccccc4)C[C@H]3C[C@@H]12. The topological polar surface area (TPSA) is 149 Å². The van der Waals surface area contributed by atoms with E-state index in [-0.39, 0.29) is 82.4 Å². The van der Waals surface area contributed by atoms with Gasteiger partial charge in [-0.3, -0.25) is 14.5 Å². The number of hydrogen-bond donors (Lipinski definition) is 2. The van der Waals surface area contributed by atoms with Crippen LogP contribution in [0.3, 0.4) is 0 Å². The largest absolute Gasteiger partial charge is 0.508 e. The number of aliphatic hydroxyl groups excluding tert-OH is 1. The Kier molecular flexibility index (Phi) is 10.7. The van der Waals surface area contributed by atoms with Crippen LogP contribution in [0.15, 0.2) is 95.0 Å². The van der Waals surface area contributed by atoms with Gasteiger partial charge in [-0.25, -0.2) is 14.4 Å². The Morgan fingerprint density at radius 2 is 1.63 bits per heavy atom. The summed E-state index contributed by atoms with van der Waals surface area (Å²) in [5.41, 5.74) is -0.223. The minimum Gasteiger partial charge on any atom is -0.508 e. The van der Waals surface area contributed by atoms with Crippen molar-refractivity contribution in [2.45, 2.75) is 76.6 Å². The third-order valence-corrected chi connectivity index (χ3v) is 17.0. The fourth-order valence-corrected chi connectivity index (χ4v) is 10.1. The molecule has 0 aliphatic heterocycles. The molecule has 4 atom stereocenters. The molecule has 3 aromatic carbocycles. The highest BCUT2D eigenvalue weighted by Gasteiger charge is 2.67. The standard InChI is InChI=1S/C45H47ClFN5O7Si/c1-44(2,3)60(6,7)59-45-29(37(52(4)5)40-36(42(45)55)43(51-58-40)57-23-26-16-12-9-13-17-26)19-27-18-28-30(47)20-31(50-33-21-32(46)48-24-49-33)39(35(28)38(53)34(27)41(45)54)56-22-25-14-10-8-11-15-25/h8-17,20-21,24,27,29,37,54H,18-19,22-23H2,1-7H3,(H,48,49,50)/t27-,29-,37-,45-/m0/s1. The molecule has 2 heterocycles. The van der Waals surface area contributed by atoms with E-state index in [2.05, 4.69) is 20.4 Å². The van der Waals surface area contributed by atoms with Crippen molar-refractivity contribution in [2.24, 2.45) is 11.8 Å². The molecule has 3 aliphatic rings. The third-order valence-electron chi connectivity index (χ3n) is 12.4. The molecule has 0 bridgehead atoms. The van der Waals surface area contributed by atoms with Gasteiger partial charge in [0.2, 0.25) is 5.78 Å². The van der Waals surface area contributed by atoms with Crippen LogP contribution in [-0.4, -0.2) is 64.7 Å². The highest BCUT2D eigenvalue weighted by Crippen LogP contribution is 2.60. The summed E-state index contributed by atoms with van der Waals surface area (Å²) < 4.78 is 42.5. The second kappa shape index (κ2) is 15.6. The molecule has 60 heavy (non-hydrogen) atoms. The van der Waals surface area contributed by atoms with E-state index in [9.17, 15) is 5.11 Å². The molecule has 0 unspecified atom stereocenters. The minimum atomic E-state index is -2.98. The lowest BCUT2D eigenvalue weighted by molar-refractivity contribution is -0.0481. The van der Waals surface area contributed by atoms with Crippen molar-refractivity contribution in [3.8, 4) is 11.6 Å². The number of allylic oxidation sites excluding steroid dienone is 1. The van der Waals surface area contributed by atoms with Crippen LogP contribution in [0.2, 0.25) is 23.3 Å². The number of anilines is 2. The van der Waals surface area contributed by atoms with Crippen LogP contribution < -0.4 is 14.8 Å². The first-order valence-electron chi connectivity index (χ1n) is 19.8. The highest BCUT2D eigenvalue weighted by atomic mass is 35.5. The molecule has 2 aromatic heterocycles. The zero-order chi connectivity index (χ0) is 42.7. The molecule has 8 rings (SSSR count). The number of nitrogens with one attached hydrogen (secondary N) is 1. The number of halogens is 2. The van der Waals surface area contributed by atoms with Crippen LogP contribution in [-0.2, 0) is 24.1 Å². The maximum atomic E-state index is 16.6. The first-order valence-corrected chi connectivity index (χ1v) is 23.1. The van der Waals surface area contributed by atoms with Crippen LogP contribution in [0.5, 0.6) is 11.6 Å². The van der Waals surface area contributed by atoms with Crippen molar-refractivity contribution < 1.29 is 37.5 Å². The van der Waals surface area contributed by atoms with Gasteiger partial charge in [0.05, 0.1) is 17.3 Å². The average molecular weight is 852 g/mol. The summed E-state index contributed by atoms with van der Waals surface area (Å²) in [5.74, 6) is -3.39. The van der Waals surface area contributed by atoms with Crippen LogP contribution in [0.25, 0.3) is 0 Å². The Morgan fingerprint density at radius 1 is 0.983 bits per heavy atom. The zero-order valence-electron chi connectivity index (χ0n) is 34.5. The predicted octanol–water partition coefficient (Wildman–Crippen LogP) is 9.61. The van der Waals surface area contributed by atoms with E-state index in [1.54, 1.807) is 0 Å². The molecule has 5 aromatic rings. The molecule has 312 valence electrons. The van der Waals surface area contributed by atoms with Gasteiger partial charge in [0, 0.05) is 29.2 Å². The number of rotatable bonds is 11. The number of ether oxygens (including phenoxy) is 2. The van der Waals surface area contributed by atoms with E-state index < -0.39 is 60.0 Å². The number of Topliss-reactive ketones (excluding diaryl/α,β-unsaturated/α-hetero) is 2. The lowest BCUT2D eigenvalue weighted by atomic mass is 9.58. The Balaban J connectivity index is 1.32. The smallest absolute Gasteiger partial charge is 0.265 e. The molecule has 12 nitrogen and oxygen atoms in total. The van der Waals surface area contributed by atoms with E-state index in [4.69, 9.17) is 30.0 Å².